The summed E-state index contributed by atoms with van der Waals surface area (Å²) in [6.07, 6.45) is 0.533. The Labute approximate surface area is 109 Å². The number of hydrogen-bond acceptors (Lipinski definition) is 5. The molecule has 0 amide bonds. The van der Waals surface area contributed by atoms with Gasteiger partial charge >= 0.3 is 5.97 Å². The van der Waals surface area contributed by atoms with Gasteiger partial charge in [0.05, 0.1) is 0 Å². The molecule has 0 saturated carbocycles. The van der Waals surface area contributed by atoms with E-state index >= 15 is 0 Å². The minimum Gasteiger partial charge on any atom is -0.453 e. The van der Waals surface area contributed by atoms with Gasteiger partial charge in [0, 0.05) is 25.6 Å². The summed E-state index contributed by atoms with van der Waals surface area (Å²) in [7, 11) is 1.40. The van der Waals surface area contributed by atoms with Crippen LogP contribution in [0.25, 0.3) is 0 Å². The predicted octanol–water partition coefficient (Wildman–Crippen LogP) is 0.950. The molecule has 4 atom stereocenters. The van der Waals surface area contributed by atoms with E-state index in [1.165, 1.54) is 43.8 Å². The Morgan fingerprint density at radius 3 is 2.79 bits per heavy atom. The Bertz CT molecular complexity index is 465. The third-order valence-corrected chi connectivity index (χ3v) is 2.93. The highest BCUT2D eigenvalue weighted by Crippen LogP contribution is 2.27. The van der Waals surface area contributed by atoms with E-state index in [0.717, 1.165) is 0 Å². The summed E-state index contributed by atoms with van der Waals surface area (Å²) in [6.45, 7) is 0. The molecule has 0 bridgehead atoms. The number of rotatable bonds is 4. The number of methoxy groups -OCH3 is 1. The molecule has 1 N–H and O–H groups in total. The van der Waals surface area contributed by atoms with E-state index in [1.807, 2.05) is 0 Å². The molecule has 19 heavy (non-hydrogen) atoms. The van der Waals surface area contributed by atoms with E-state index in [-0.39, 0.29) is 5.56 Å². The number of alkyl halides is 1. The topological polar surface area (TPSA) is 68.7 Å². The normalized spacial score (nSPS) is 25.7. The zero-order chi connectivity index (χ0) is 13.8. The van der Waals surface area contributed by atoms with Crippen LogP contribution in [0.4, 0.5) is 4.39 Å². The predicted molar refractivity (Wildman–Crippen MR) is 63.9 cm³/mol. The summed E-state index contributed by atoms with van der Waals surface area (Å²) in [4.78, 5) is 15.0. The van der Waals surface area contributed by atoms with Crippen LogP contribution in [-0.2, 0) is 14.3 Å². The Kier molecular flexibility index (Phi) is 4.24. The van der Waals surface area contributed by atoms with Crippen LogP contribution < -0.4 is 0 Å². The summed E-state index contributed by atoms with van der Waals surface area (Å²) in [5.74, 6) is -0.626. The van der Waals surface area contributed by atoms with Gasteiger partial charge in [-0.2, -0.15) is 0 Å². The highest BCUT2D eigenvalue weighted by atomic mass is 19.1. The van der Waals surface area contributed by atoms with Crippen molar-refractivity contribution in [2.45, 2.75) is 24.5 Å². The van der Waals surface area contributed by atoms with Crippen molar-refractivity contribution in [3.8, 4) is 0 Å². The van der Waals surface area contributed by atoms with Gasteiger partial charge in [-0.05, 0) is 23.8 Å². The molecule has 4 unspecified atom stereocenters. The number of carbonyl (C=O) groups is 1. The average Bonchev–Trinajstić information content (AvgIpc) is 2.46. The highest BCUT2D eigenvalue weighted by Gasteiger charge is 2.38. The molecule has 1 aliphatic rings. The minimum absolute atomic E-state index is 0.267. The average molecular weight is 267 g/mol. The van der Waals surface area contributed by atoms with Crippen molar-refractivity contribution in [3.05, 3.63) is 42.2 Å². The quantitative estimate of drug-likeness (QED) is 0.823. The Balaban J connectivity index is 2.16. The summed E-state index contributed by atoms with van der Waals surface area (Å²) < 4.78 is 24.2. The van der Waals surface area contributed by atoms with Gasteiger partial charge in [0.2, 0.25) is 0 Å². The number of cyclic esters (lactones) is 1. The lowest BCUT2D eigenvalue weighted by Crippen LogP contribution is -2.45. The van der Waals surface area contributed by atoms with Gasteiger partial charge in [-0.1, -0.05) is 0 Å². The number of pyridine rings is 1. The first-order valence-corrected chi connectivity index (χ1v) is 5.77. The van der Waals surface area contributed by atoms with Crippen LogP contribution in [-0.4, -0.2) is 41.5 Å². The van der Waals surface area contributed by atoms with Crippen molar-refractivity contribution in [1.82, 2.24) is 4.98 Å². The first kappa shape index (κ1) is 13.6. The van der Waals surface area contributed by atoms with Gasteiger partial charge < -0.3 is 14.6 Å². The van der Waals surface area contributed by atoms with Crippen LogP contribution in [0.1, 0.15) is 11.7 Å². The van der Waals surface area contributed by atoms with Crippen molar-refractivity contribution >= 4 is 5.97 Å². The van der Waals surface area contributed by atoms with Gasteiger partial charge in [0.15, 0.2) is 12.3 Å². The molecule has 5 nitrogen and oxygen atoms in total. The SMILES string of the molecule is COC1C=CC(=O)OC1C(O)C(F)c1ccncc1. The molecule has 1 aromatic heterocycles. The van der Waals surface area contributed by atoms with E-state index in [4.69, 9.17) is 9.47 Å². The number of halogens is 1. The molecule has 0 radical (unpaired) electrons. The maximum absolute atomic E-state index is 14.2. The molecule has 6 heteroatoms. The molecule has 0 aromatic carbocycles. The number of hydrogen-bond donors (Lipinski definition) is 1. The number of nitrogens with zero attached hydrogens (tertiary/aromatic N) is 1. The fourth-order valence-electron chi connectivity index (χ4n) is 1.91. The lowest BCUT2D eigenvalue weighted by Gasteiger charge is -2.31. The molecule has 0 fully saturated rings. The Morgan fingerprint density at radius 2 is 2.16 bits per heavy atom. The van der Waals surface area contributed by atoms with Crippen molar-refractivity contribution in [3.63, 3.8) is 0 Å². The van der Waals surface area contributed by atoms with Crippen LogP contribution in [0, 0.1) is 0 Å². The number of aliphatic hydroxyl groups excluding tert-OH is 1. The maximum Gasteiger partial charge on any atom is 0.330 e. The van der Waals surface area contributed by atoms with E-state index in [0.29, 0.717) is 0 Å². The van der Waals surface area contributed by atoms with Crippen LogP contribution in [0.15, 0.2) is 36.7 Å². The molecule has 0 saturated heterocycles. The monoisotopic (exact) mass is 267 g/mol. The van der Waals surface area contributed by atoms with Gasteiger partial charge in [-0.25, -0.2) is 9.18 Å². The van der Waals surface area contributed by atoms with Crippen molar-refractivity contribution in [2.24, 2.45) is 0 Å². The summed E-state index contributed by atoms with van der Waals surface area (Å²) in [5.41, 5.74) is 0.267. The minimum atomic E-state index is -1.69. The van der Waals surface area contributed by atoms with Crippen LogP contribution in [0.3, 0.4) is 0 Å². The summed E-state index contributed by atoms with van der Waals surface area (Å²) >= 11 is 0. The lowest BCUT2D eigenvalue weighted by atomic mass is 9.97. The second-order valence-corrected chi connectivity index (χ2v) is 4.13. The van der Waals surface area contributed by atoms with E-state index in [9.17, 15) is 14.3 Å². The molecular weight excluding hydrogens is 253 g/mol. The van der Waals surface area contributed by atoms with Crippen LogP contribution in [0.5, 0.6) is 0 Å². The first-order chi connectivity index (χ1) is 9.13. The molecule has 1 aromatic rings. The van der Waals surface area contributed by atoms with E-state index in [1.54, 1.807) is 0 Å². The number of aromatic nitrogens is 1. The fraction of sp³-hybridized carbons (Fsp3) is 0.385. The van der Waals surface area contributed by atoms with E-state index < -0.39 is 30.5 Å². The molecule has 0 spiro atoms. The van der Waals surface area contributed by atoms with Crippen LogP contribution in [0.2, 0.25) is 0 Å². The smallest absolute Gasteiger partial charge is 0.330 e. The Hall–Kier alpha value is -1.79. The number of ether oxygens (including phenoxy) is 2. The zero-order valence-corrected chi connectivity index (χ0v) is 10.3. The lowest BCUT2D eigenvalue weighted by molar-refractivity contribution is -0.165. The van der Waals surface area contributed by atoms with Crippen molar-refractivity contribution < 1.29 is 23.8 Å². The Morgan fingerprint density at radius 1 is 1.47 bits per heavy atom. The number of aliphatic hydroxyl groups is 1. The van der Waals surface area contributed by atoms with Crippen molar-refractivity contribution in [2.75, 3.05) is 7.11 Å². The fourth-order valence-corrected chi connectivity index (χ4v) is 1.91. The highest BCUT2D eigenvalue weighted by molar-refractivity contribution is 5.83. The summed E-state index contributed by atoms with van der Waals surface area (Å²) in [6, 6.07) is 2.91. The number of carbonyl (C=O) groups excluding carboxylic acids is 1. The summed E-state index contributed by atoms with van der Waals surface area (Å²) in [5, 5.41) is 10.0. The molecule has 0 aliphatic carbocycles. The molecule has 102 valence electrons. The molecule has 2 rings (SSSR count). The second kappa shape index (κ2) is 5.90. The molecule has 1 aliphatic heterocycles. The zero-order valence-electron chi connectivity index (χ0n) is 10.3. The second-order valence-electron chi connectivity index (χ2n) is 4.13. The van der Waals surface area contributed by atoms with Gasteiger partial charge in [-0.3, -0.25) is 4.98 Å². The third-order valence-electron chi connectivity index (χ3n) is 2.93. The first-order valence-electron chi connectivity index (χ1n) is 5.77. The van der Waals surface area contributed by atoms with Gasteiger partial charge in [0.25, 0.3) is 0 Å². The number of esters is 1. The third kappa shape index (κ3) is 2.97. The standard InChI is InChI=1S/C13H14FNO4/c1-18-9-2-3-10(16)19-13(9)12(17)11(14)8-4-6-15-7-5-8/h2-7,9,11-13,17H,1H3. The van der Waals surface area contributed by atoms with E-state index in [2.05, 4.69) is 4.98 Å². The molecular formula is C13H14FNO4. The van der Waals surface area contributed by atoms with Gasteiger partial charge in [-0.15, -0.1) is 0 Å². The van der Waals surface area contributed by atoms with Gasteiger partial charge in [0.1, 0.15) is 12.2 Å². The largest absolute Gasteiger partial charge is 0.453 e. The maximum atomic E-state index is 14.2. The van der Waals surface area contributed by atoms with Crippen LogP contribution >= 0.6 is 0 Å². The molecule has 2 heterocycles. The van der Waals surface area contributed by atoms with Crippen molar-refractivity contribution in [1.29, 1.82) is 0 Å².